The smallest absolute Gasteiger partial charge is 0.138 e. The first kappa shape index (κ1) is 11.5. The SMILES string of the molecule is CC[Si](C#CC1(C=O)CC1)(CC)CC. The summed E-state index contributed by atoms with van der Waals surface area (Å²) in [5.41, 5.74) is 3.28. The number of carbonyl (C=O) groups excluding carboxylic acids is 1. The van der Waals surface area contributed by atoms with Crippen molar-refractivity contribution in [1.82, 2.24) is 0 Å². The second kappa shape index (κ2) is 4.31. The monoisotopic (exact) mass is 208 g/mol. The zero-order chi connectivity index (χ0) is 10.7. The lowest BCUT2D eigenvalue weighted by Crippen LogP contribution is -2.29. The number of hydrogen-bond donors (Lipinski definition) is 0. The molecule has 14 heavy (non-hydrogen) atoms. The van der Waals surface area contributed by atoms with Crippen molar-refractivity contribution in [2.75, 3.05) is 0 Å². The van der Waals surface area contributed by atoms with Crippen molar-refractivity contribution in [3.8, 4) is 11.5 Å². The van der Waals surface area contributed by atoms with E-state index in [4.69, 9.17) is 0 Å². The van der Waals surface area contributed by atoms with Gasteiger partial charge in [-0.3, -0.25) is 0 Å². The molecule has 2 heteroatoms. The maximum absolute atomic E-state index is 10.8. The number of hydrogen-bond acceptors (Lipinski definition) is 1. The third-order valence-corrected chi connectivity index (χ3v) is 8.34. The van der Waals surface area contributed by atoms with Gasteiger partial charge in [-0.15, -0.1) is 5.54 Å². The zero-order valence-electron chi connectivity index (χ0n) is 9.52. The Hall–Kier alpha value is -0.553. The van der Waals surface area contributed by atoms with Gasteiger partial charge >= 0.3 is 0 Å². The highest BCUT2D eigenvalue weighted by Crippen LogP contribution is 2.42. The van der Waals surface area contributed by atoms with Crippen molar-refractivity contribution in [3.63, 3.8) is 0 Å². The van der Waals surface area contributed by atoms with Crippen molar-refractivity contribution in [2.24, 2.45) is 5.41 Å². The van der Waals surface area contributed by atoms with E-state index in [9.17, 15) is 4.79 Å². The highest BCUT2D eigenvalue weighted by Gasteiger charge is 2.41. The molecule has 0 aromatic carbocycles. The van der Waals surface area contributed by atoms with Gasteiger partial charge in [-0.2, -0.15) is 0 Å². The first-order chi connectivity index (χ1) is 6.66. The van der Waals surface area contributed by atoms with Crippen LogP contribution >= 0.6 is 0 Å². The molecule has 0 N–H and O–H groups in total. The summed E-state index contributed by atoms with van der Waals surface area (Å²) in [5.74, 6) is 3.26. The Labute approximate surface area is 88.3 Å². The molecule has 0 amide bonds. The van der Waals surface area contributed by atoms with Crippen LogP contribution in [0.4, 0.5) is 0 Å². The minimum Gasteiger partial charge on any atom is -0.302 e. The molecule has 1 saturated carbocycles. The van der Waals surface area contributed by atoms with Crippen LogP contribution in [0.2, 0.25) is 18.1 Å². The summed E-state index contributed by atoms with van der Waals surface area (Å²) in [7, 11) is -1.32. The van der Waals surface area contributed by atoms with E-state index in [1.807, 2.05) is 0 Å². The summed E-state index contributed by atoms with van der Waals surface area (Å²) in [6.07, 6.45) is 3.04. The van der Waals surface area contributed by atoms with Crippen LogP contribution in [-0.4, -0.2) is 14.4 Å². The summed E-state index contributed by atoms with van der Waals surface area (Å²) in [5, 5.41) is 0. The van der Waals surface area contributed by atoms with Gasteiger partial charge in [0.15, 0.2) is 0 Å². The maximum Gasteiger partial charge on any atom is 0.138 e. The highest BCUT2D eigenvalue weighted by atomic mass is 28.3. The molecule has 0 aliphatic heterocycles. The zero-order valence-corrected chi connectivity index (χ0v) is 10.5. The second-order valence-electron chi connectivity index (χ2n) is 4.36. The number of rotatable bonds is 4. The van der Waals surface area contributed by atoms with E-state index in [1.165, 1.54) is 18.1 Å². The first-order valence-corrected chi connectivity index (χ1v) is 8.28. The third kappa shape index (κ3) is 2.27. The van der Waals surface area contributed by atoms with Crippen molar-refractivity contribution in [2.45, 2.75) is 51.7 Å². The van der Waals surface area contributed by atoms with Gasteiger partial charge in [0.05, 0.1) is 5.41 Å². The summed E-state index contributed by atoms with van der Waals surface area (Å²) >= 11 is 0. The van der Waals surface area contributed by atoms with Gasteiger partial charge in [-0.25, -0.2) is 0 Å². The molecular formula is C12H20OSi. The lowest BCUT2D eigenvalue weighted by Gasteiger charge is -2.20. The Morgan fingerprint density at radius 3 is 2.00 bits per heavy atom. The second-order valence-corrected chi connectivity index (χ2v) is 9.30. The standard InChI is InChI=1S/C12H20OSi/c1-4-14(5-2,6-3)10-9-12(11-13)7-8-12/h11H,4-8H2,1-3H3. The molecule has 1 rings (SSSR count). The normalized spacial score (nSPS) is 18.2. The topological polar surface area (TPSA) is 17.1 Å². The van der Waals surface area contributed by atoms with Gasteiger partial charge in [0.2, 0.25) is 0 Å². The largest absolute Gasteiger partial charge is 0.302 e. The fraction of sp³-hybridized carbons (Fsp3) is 0.750. The quantitative estimate of drug-likeness (QED) is 0.394. The molecule has 1 aliphatic carbocycles. The van der Waals surface area contributed by atoms with Crippen LogP contribution in [0.25, 0.3) is 0 Å². The Balaban J connectivity index is 2.76. The molecular weight excluding hydrogens is 188 g/mol. The van der Waals surface area contributed by atoms with Gasteiger partial charge in [0.25, 0.3) is 0 Å². The Bertz CT molecular complexity index is 256. The van der Waals surface area contributed by atoms with E-state index in [0.29, 0.717) is 0 Å². The molecule has 0 aromatic heterocycles. The van der Waals surface area contributed by atoms with Gasteiger partial charge in [0, 0.05) is 0 Å². The fourth-order valence-electron chi connectivity index (χ4n) is 1.68. The third-order valence-electron chi connectivity index (χ3n) is 3.62. The summed E-state index contributed by atoms with van der Waals surface area (Å²) in [6.45, 7) is 6.73. The predicted molar refractivity (Wildman–Crippen MR) is 62.7 cm³/mol. The van der Waals surface area contributed by atoms with Crippen LogP contribution in [0.5, 0.6) is 0 Å². The molecule has 0 unspecified atom stereocenters. The first-order valence-electron chi connectivity index (χ1n) is 5.66. The molecule has 1 aliphatic rings. The van der Waals surface area contributed by atoms with Crippen LogP contribution in [0.15, 0.2) is 0 Å². The minimum atomic E-state index is -1.32. The molecule has 0 spiro atoms. The molecule has 1 nitrogen and oxygen atoms in total. The van der Waals surface area contributed by atoms with E-state index in [1.54, 1.807) is 0 Å². The van der Waals surface area contributed by atoms with Gasteiger partial charge in [0.1, 0.15) is 14.4 Å². The summed E-state index contributed by atoms with van der Waals surface area (Å²) in [6, 6.07) is 3.67. The number of aldehydes is 1. The molecule has 78 valence electrons. The molecule has 0 atom stereocenters. The molecule has 0 bridgehead atoms. The molecule has 0 saturated heterocycles. The van der Waals surface area contributed by atoms with Crippen LogP contribution in [-0.2, 0) is 4.79 Å². The molecule has 0 heterocycles. The van der Waals surface area contributed by atoms with E-state index in [-0.39, 0.29) is 5.41 Å². The highest BCUT2D eigenvalue weighted by molar-refractivity contribution is 6.87. The Kier molecular flexibility index (Phi) is 3.55. The lowest BCUT2D eigenvalue weighted by atomic mass is 10.2. The van der Waals surface area contributed by atoms with E-state index in [2.05, 4.69) is 32.2 Å². The summed E-state index contributed by atoms with van der Waals surface area (Å²) in [4.78, 5) is 10.8. The Morgan fingerprint density at radius 1 is 1.21 bits per heavy atom. The van der Waals surface area contributed by atoms with Crippen molar-refractivity contribution >= 4 is 14.4 Å². The summed E-state index contributed by atoms with van der Waals surface area (Å²) < 4.78 is 0. The van der Waals surface area contributed by atoms with Crippen molar-refractivity contribution in [3.05, 3.63) is 0 Å². The number of carbonyl (C=O) groups is 1. The minimum absolute atomic E-state index is 0.211. The van der Waals surface area contributed by atoms with E-state index < -0.39 is 8.07 Å². The fourth-order valence-corrected chi connectivity index (χ4v) is 4.22. The van der Waals surface area contributed by atoms with Gasteiger partial charge < -0.3 is 4.79 Å². The average Bonchev–Trinajstić information content (AvgIpc) is 3.02. The van der Waals surface area contributed by atoms with E-state index in [0.717, 1.165) is 19.1 Å². The van der Waals surface area contributed by atoms with Crippen molar-refractivity contribution < 1.29 is 4.79 Å². The Morgan fingerprint density at radius 2 is 1.71 bits per heavy atom. The molecule has 1 fully saturated rings. The van der Waals surface area contributed by atoms with Gasteiger partial charge in [-0.1, -0.05) is 26.7 Å². The van der Waals surface area contributed by atoms with Crippen LogP contribution in [0.3, 0.4) is 0 Å². The predicted octanol–water partition coefficient (Wildman–Crippen LogP) is 3.02. The van der Waals surface area contributed by atoms with Gasteiger partial charge in [-0.05, 0) is 31.0 Å². The lowest BCUT2D eigenvalue weighted by molar-refractivity contribution is -0.110. The average molecular weight is 208 g/mol. The van der Waals surface area contributed by atoms with Crippen molar-refractivity contribution in [1.29, 1.82) is 0 Å². The maximum atomic E-state index is 10.8. The van der Waals surface area contributed by atoms with E-state index >= 15 is 0 Å². The molecule has 0 aromatic rings. The van der Waals surface area contributed by atoms with Crippen LogP contribution in [0, 0.1) is 16.9 Å². The molecule has 0 radical (unpaired) electrons. The van der Waals surface area contributed by atoms with Crippen LogP contribution in [0.1, 0.15) is 33.6 Å². The van der Waals surface area contributed by atoms with Crippen LogP contribution < -0.4 is 0 Å².